The summed E-state index contributed by atoms with van der Waals surface area (Å²) in [5.41, 5.74) is 1.56. The Balaban J connectivity index is 1.47. The molecular formula is C19H21N5O3S2. The first kappa shape index (κ1) is 19.6. The van der Waals surface area contributed by atoms with Crippen molar-refractivity contribution in [1.29, 1.82) is 0 Å². The summed E-state index contributed by atoms with van der Waals surface area (Å²) in [4.78, 5) is 26.8. The Kier molecular flexibility index (Phi) is 5.37. The van der Waals surface area contributed by atoms with E-state index in [0.717, 1.165) is 15.5 Å². The lowest BCUT2D eigenvalue weighted by Gasteiger charge is -2.34. The second-order valence-electron chi connectivity index (χ2n) is 6.65. The molecule has 0 unspecified atom stereocenters. The molecule has 0 spiro atoms. The number of hydrogen-bond donors (Lipinski definition) is 1. The van der Waals surface area contributed by atoms with E-state index in [1.807, 2.05) is 12.1 Å². The van der Waals surface area contributed by atoms with Gasteiger partial charge in [0.2, 0.25) is 10.0 Å². The van der Waals surface area contributed by atoms with Crippen LogP contribution >= 0.6 is 11.3 Å². The minimum absolute atomic E-state index is 0.0504. The molecule has 0 radical (unpaired) electrons. The molecule has 1 aromatic carbocycles. The van der Waals surface area contributed by atoms with Gasteiger partial charge in [0.15, 0.2) is 5.13 Å². The maximum atomic E-state index is 13.0. The maximum Gasteiger partial charge on any atom is 0.256 e. The number of carbonyl (C=O) groups is 1. The molecule has 1 N–H and O–H groups in total. The standard InChI is InChI=1S/C19H21N5O3S2/c1-2-29(26,27)22-15-7-4-3-6-14(15)18(25)23-10-12-24(13-11-23)19-21-16-8-5-9-20-17(16)28-19/h3-9,22H,2,10-13H2,1H3. The molecule has 0 saturated carbocycles. The van der Waals surface area contributed by atoms with Crippen molar-refractivity contribution in [2.24, 2.45) is 0 Å². The lowest BCUT2D eigenvalue weighted by Crippen LogP contribution is -2.48. The van der Waals surface area contributed by atoms with Gasteiger partial charge >= 0.3 is 0 Å². The molecule has 29 heavy (non-hydrogen) atoms. The van der Waals surface area contributed by atoms with Gasteiger partial charge in [-0.2, -0.15) is 0 Å². The summed E-state index contributed by atoms with van der Waals surface area (Å²) >= 11 is 1.54. The number of aromatic nitrogens is 2. The number of nitrogens with one attached hydrogen (secondary N) is 1. The van der Waals surface area contributed by atoms with Crippen LogP contribution in [0.1, 0.15) is 17.3 Å². The molecule has 8 nitrogen and oxygen atoms in total. The Morgan fingerprint density at radius 2 is 1.90 bits per heavy atom. The van der Waals surface area contributed by atoms with E-state index in [2.05, 4.69) is 19.6 Å². The van der Waals surface area contributed by atoms with Crippen LogP contribution in [0.15, 0.2) is 42.6 Å². The number of hydrogen-bond acceptors (Lipinski definition) is 7. The molecule has 0 aliphatic carbocycles. The van der Waals surface area contributed by atoms with Gasteiger partial charge in [-0.25, -0.2) is 18.4 Å². The molecule has 10 heteroatoms. The molecule has 1 fully saturated rings. The zero-order valence-electron chi connectivity index (χ0n) is 15.9. The lowest BCUT2D eigenvalue weighted by atomic mass is 10.1. The number of carbonyl (C=O) groups excluding carboxylic acids is 1. The second kappa shape index (κ2) is 7.96. The van der Waals surface area contributed by atoms with E-state index in [1.54, 1.807) is 53.6 Å². The molecule has 4 rings (SSSR count). The molecule has 1 aliphatic heterocycles. The number of piperazine rings is 1. The summed E-state index contributed by atoms with van der Waals surface area (Å²) in [7, 11) is -3.46. The number of thiazole rings is 1. The van der Waals surface area contributed by atoms with Crippen LogP contribution in [-0.2, 0) is 10.0 Å². The molecule has 1 aliphatic rings. The van der Waals surface area contributed by atoms with Crippen LogP contribution in [0.5, 0.6) is 0 Å². The van der Waals surface area contributed by atoms with Gasteiger partial charge in [-0.15, -0.1) is 0 Å². The van der Waals surface area contributed by atoms with Gasteiger partial charge in [-0.3, -0.25) is 9.52 Å². The van der Waals surface area contributed by atoms with Crippen LogP contribution in [-0.4, -0.2) is 61.1 Å². The van der Waals surface area contributed by atoms with E-state index in [4.69, 9.17) is 0 Å². The topological polar surface area (TPSA) is 95.5 Å². The van der Waals surface area contributed by atoms with Gasteiger partial charge in [0.05, 0.1) is 17.0 Å². The lowest BCUT2D eigenvalue weighted by molar-refractivity contribution is 0.0748. The Morgan fingerprint density at radius 1 is 1.14 bits per heavy atom. The summed E-state index contributed by atoms with van der Waals surface area (Å²) in [5, 5.41) is 0.905. The van der Waals surface area contributed by atoms with Crippen molar-refractivity contribution in [2.45, 2.75) is 6.92 Å². The smallest absolute Gasteiger partial charge is 0.256 e. The molecule has 0 atom stereocenters. The van der Waals surface area contributed by atoms with Crippen LogP contribution in [0.2, 0.25) is 0 Å². The average molecular weight is 432 g/mol. The number of nitrogens with zero attached hydrogens (tertiary/aromatic N) is 4. The summed E-state index contributed by atoms with van der Waals surface area (Å²) in [5.74, 6) is -0.226. The first-order valence-corrected chi connectivity index (χ1v) is 11.8. The third-order valence-corrected chi connectivity index (χ3v) is 7.13. The molecule has 3 heterocycles. The largest absolute Gasteiger partial charge is 0.344 e. The Morgan fingerprint density at radius 3 is 2.62 bits per heavy atom. The van der Waals surface area contributed by atoms with Gasteiger partial charge in [0.1, 0.15) is 10.3 Å². The van der Waals surface area contributed by atoms with Crippen molar-refractivity contribution in [3.05, 3.63) is 48.2 Å². The summed E-state index contributed by atoms with van der Waals surface area (Å²) in [6, 6.07) is 10.5. The van der Waals surface area contributed by atoms with Crippen molar-refractivity contribution in [3.8, 4) is 0 Å². The van der Waals surface area contributed by atoms with Crippen molar-refractivity contribution < 1.29 is 13.2 Å². The van der Waals surface area contributed by atoms with E-state index in [0.29, 0.717) is 37.4 Å². The highest BCUT2D eigenvalue weighted by Gasteiger charge is 2.26. The van der Waals surface area contributed by atoms with Gasteiger partial charge in [-0.1, -0.05) is 23.5 Å². The molecule has 3 aromatic rings. The van der Waals surface area contributed by atoms with Gasteiger partial charge in [-0.05, 0) is 31.2 Å². The third-order valence-electron chi connectivity index (χ3n) is 4.80. The Bertz CT molecular complexity index is 1100. The molecule has 152 valence electrons. The highest BCUT2D eigenvalue weighted by atomic mass is 32.2. The van der Waals surface area contributed by atoms with Crippen molar-refractivity contribution in [2.75, 3.05) is 41.6 Å². The maximum absolute atomic E-state index is 13.0. The predicted molar refractivity (Wildman–Crippen MR) is 115 cm³/mol. The van der Waals surface area contributed by atoms with Gasteiger partial charge in [0, 0.05) is 32.4 Å². The average Bonchev–Trinajstić information content (AvgIpc) is 3.18. The minimum Gasteiger partial charge on any atom is -0.344 e. The third kappa shape index (κ3) is 4.18. The quantitative estimate of drug-likeness (QED) is 0.667. The zero-order chi connectivity index (χ0) is 20.4. The fourth-order valence-corrected chi connectivity index (χ4v) is 4.78. The minimum atomic E-state index is -3.46. The van der Waals surface area contributed by atoms with E-state index in [9.17, 15) is 13.2 Å². The normalized spacial score (nSPS) is 14.9. The zero-order valence-corrected chi connectivity index (χ0v) is 17.5. The molecular weight excluding hydrogens is 410 g/mol. The Hall–Kier alpha value is -2.72. The van der Waals surface area contributed by atoms with Crippen molar-refractivity contribution in [3.63, 3.8) is 0 Å². The number of para-hydroxylation sites is 1. The van der Waals surface area contributed by atoms with E-state index in [1.165, 1.54) is 0 Å². The second-order valence-corrected chi connectivity index (χ2v) is 9.62. The van der Waals surface area contributed by atoms with Crippen LogP contribution in [0.3, 0.4) is 0 Å². The SMILES string of the molecule is CCS(=O)(=O)Nc1ccccc1C(=O)N1CCN(c2nc3cccnc3s2)CC1. The van der Waals surface area contributed by atoms with Crippen LogP contribution in [0.4, 0.5) is 10.8 Å². The summed E-state index contributed by atoms with van der Waals surface area (Å²) < 4.78 is 26.4. The molecule has 1 saturated heterocycles. The predicted octanol–water partition coefficient (Wildman–Crippen LogP) is 2.42. The molecule has 1 amide bonds. The fourth-order valence-electron chi connectivity index (χ4n) is 3.16. The highest BCUT2D eigenvalue weighted by Crippen LogP contribution is 2.28. The summed E-state index contributed by atoms with van der Waals surface area (Å²) in [6.45, 7) is 3.96. The molecule has 0 bridgehead atoms. The monoisotopic (exact) mass is 431 g/mol. The summed E-state index contributed by atoms with van der Waals surface area (Å²) in [6.07, 6.45) is 1.76. The van der Waals surface area contributed by atoms with Gasteiger partial charge in [0.25, 0.3) is 5.91 Å². The van der Waals surface area contributed by atoms with Crippen molar-refractivity contribution in [1.82, 2.24) is 14.9 Å². The number of rotatable bonds is 5. The van der Waals surface area contributed by atoms with Crippen LogP contribution in [0, 0.1) is 0 Å². The van der Waals surface area contributed by atoms with E-state index in [-0.39, 0.29) is 11.7 Å². The Labute approximate surface area is 173 Å². The number of amides is 1. The number of benzene rings is 1. The number of fused-ring (bicyclic) bond motifs is 1. The fraction of sp³-hybridized carbons (Fsp3) is 0.316. The number of anilines is 2. The first-order chi connectivity index (χ1) is 14.0. The van der Waals surface area contributed by atoms with E-state index < -0.39 is 10.0 Å². The number of sulfonamides is 1. The first-order valence-electron chi connectivity index (χ1n) is 9.32. The highest BCUT2D eigenvalue weighted by molar-refractivity contribution is 7.92. The van der Waals surface area contributed by atoms with Crippen LogP contribution in [0.25, 0.3) is 10.3 Å². The molecule has 2 aromatic heterocycles. The van der Waals surface area contributed by atoms with Crippen LogP contribution < -0.4 is 9.62 Å². The van der Waals surface area contributed by atoms with Crippen molar-refractivity contribution >= 4 is 48.4 Å². The van der Waals surface area contributed by atoms with Gasteiger partial charge < -0.3 is 9.80 Å². The number of pyridine rings is 1. The van der Waals surface area contributed by atoms with E-state index >= 15 is 0 Å².